The number of nitrogens with zero attached hydrogens (tertiary/aromatic N) is 2. The highest BCUT2D eigenvalue weighted by Crippen LogP contribution is 2.14. The molecule has 4 nitrogen and oxygen atoms in total. The van der Waals surface area contributed by atoms with Gasteiger partial charge >= 0.3 is 6.03 Å². The summed E-state index contributed by atoms with van der Waals surface area (Å²) in [6.07, 6.45) is 2.12. The van der Waals surface area contributed by atoms with Gasteiger partial charge in [0.2, 0.25) is 0 Å². The monoisotopic (exact) mass is 169 g/mol. The maximum atomic E-state index is 11.6. The van der Waals surface area contributed by atoms with E-state index in [1.54, 1.807) is 0 Å². The Hall–Kier alpha value is -0.770. The summed E-state index contributed by atoms with van der Waals surface area (Å²) < 4.78 is 0. The van der Waals surface area contributed by atoms with Crippen molar-refractivity contribution in [1.29, 1.82) is 0 Å². The minimum absolute atomic E-state index is 0.189. The van der Waals surface area contributed by atoms with Gasteiger partial charge in [-0.15, -0.1) is 0 Å². The van der Waals surface area contributed by atoms with Gasteiger partial charge in [-0.25, -0.2) is 4.79 Å². The van der Waals surface area contributed by atoms with Gasteiger partial charge in [0, 0.05) is 32.2 Å². The minimum atomic E-state index is 0.189. The van der Waals surface area contributed by atoms with Crippen LogP contribution in [0.1, 0.15) is 12.8 Å². The molecule has 0 aromatic rings. The van der Waals surface area contributed by atoms with Gasteiger partial charge in [0.1, 0.15) is 0 Å². The number of carbonyl (C=O) groups is 1. The van der Waals surface area contributed by atoms with E-state index in [2.05, 4.69) is 0 Å². The second-order valence-electron chi connectivity index (χ2n) is 3.62. The van der Waals surface area contributed by atoms with Crippen molar-refractivity contribution in [2.24, 2.45) is 5.73 Å². The Bertz CT molecular complexity index is 191. The largest absolute Gasteiger partial charge is 0.326 e. The fraction of sp³-hybridized carbons (Fsp3) is 0.875. The summed E-state index contributed by atoms with van der Waals surface area (Å²) in [5.74, 6) is 0. The van der Waals surface area contributed by atoms with Gasteiger partial charge in [-0.1, -0.05) is 0 Å². The number of rotatable bonds is 0. The van der Waals surface area contributed by atoms with Crippen LogP contribution in [0.25, 0.3) is 0 Å². The maximum absolute atomic E-state index is 11.6. The highest BCUT2D eigenvalue weighted by molar-refractivity contribution is 5.75. The Labute approximate surface area is 72.3 Å². The highest BCUT2D eigenvalue weighted by atomic mass is 16.2. The van der Waals surface area contributed by atoms with Crippen LogP contribution in [0.2, 0.25) is 0 Å². The molecule has 0 saturated carbocycles. The second-order valence-corrected chi connectivity index (χ2v) is 3.62. The zero-order valence-electron chi connectivity index (χ0n) is 7.20. The van der Waals surface area contributed by atoms with E-state index in [0.717, 1.165) is 39.0 Å². The molecular weight excluding hydrogens is 154 g/mol. The van der Waals surface area contributed by atoms with Gasteiger partial charge < -0.3 is 15.5 Å². The Kier molecular flexibility index (Phi) is 1.92. The third-order valence-corrected chi connectivity index (χ3v) is 2.62. The lowest BCUT2D eigenvalue weighted by Crippen LogP contribution is -2.49. The lowest BCUT2D eigenvalue weighted by molar-refractivity contribution is 0.134. The topological polar surface area (TPSA) is 49.6 Å². The van der Waals surface area contributed by atoms with Crippen LogP contribution in [0.4, 0.5) is 4.79 Å². The van der Waals surface area contributed by atoms with Crippen molar-refractivity contribution >= 4 is 6.03 Å². The van der Waals surface area contributed by atoms with E-state index in [9.17, 15) is 4.79 Å². The molecule has 0 aromatic heterocycles. The predicted molar refractivity (Wildman–Crippen MR) is 45.8 cm³/mol. The second kappa shape index (κ2) is 2.94. The van der Waals surface area contributed by atoms with Crippen LogP contribution in [0.5, 0.6) is 0 Å². The lowest BCUT2D eigenvalue weighted by atomic mass is 10.2. The Morgan fingerprint density at radius 3 is 2.42 bits per heavy atom. The first-order valence-corrected chi connectivity index (χ1v) is 4.57. The van der Waals surface area contributed by atoms with E-state index in [1.807, 2.05) is 9.80 Å². The molecule has 2 heterocycles. The van der Waals surface area contributed by atoms with Crippen molar-refractivity contribution in [3.05, 3.63) is 0 Å². The SMILES string of the molecule is NC1CCN(C(=O)N2CCC2)C1. The Balaban J connectivity index is 1.87. The summed E-state index contributed by atoms with van der Waals surface area (Å²) in [6.45, 7) is 3.46. The number of hydrogen-bond donors (Lipinski definition) is 1. The molecule has 68 valence electrons. The van der Waals surface area contributed by atoms with Crippen molar-refractivity contribution in [2.45, 2.75) is 18.9 Å². The molecule has 2 saturated heterocycles. The number of urea groups is 1. The molecule has 0 aromatic carbocycles. The van der Waals surface area contributed by atoms with Gasteiger partial charge in [-0.3, -0.25) is 0 Å². The van der Waals surface area contributed by atoms with E-state index >= 15 is 0 Å². The lowest BCUT2D eigenvalue weighted by Gasteiger charge is -2.34. The minimum Gasteiger partial charge on any atom is -0.326 e. The van der Waals surface area contributed by atoms with Crippen LogP contribution in [-0.4, -0.2) is 48.1 Å². The van der Waals surface area contributed by atoms with Gasteiger partial charge in [-0.2, -0.15) is 0 Å². The summed E-state index contributed by atoms with van der Waals surface area (Å²) in [6, 6.07) is 0.393. The zero-order chi connectivity index (χ0) is 8.55. The van der Waals surface area contributed by atoms with Crippen LogP contribution in [-0.2, 0) is 0 Å². The van der Waals surface area contributed by atoms with Crippen LogP contribution in [0, 0.1) is 0 Å². The first-order valence-electron chi connectivity index (χ1n) is 4.57. The van der Waals surface area contributed by atoms with Crippen molar-refractivity contribution in [3.8, 4) is 0 Å². The summed E-state index contributed by atoms with van der Waals surface area (Å²) in [7, 11) is 0. The molecule has 0 spiro atoms. The smallest absolute Gasteiger partial charge is 0.320 e. The van der Waals surface area contributed by atoms with E-state index in [4.69, 9.17) is 5.73 Å². The standard InChI is InChI=1S/C8H15N3O/c9-7-2-5-11(6-7)8(12)10-3-1-4-10/h7H,1-6,9H2. The van der Waals surface area contributed by atoms with Crippen molar-refractivity contribution in [3.63, 3.8) is 0 Å². The number of hydrogen-bond acceptors (Lipinski definition) is 2. The molecule has 4 heteroatoms. The molecular formula is C8H15N3O. The molecule has 2 N–H and O–H groups in total. The number of carbonyl (C=O) groups excluding carboxylic acids is 1. The molecule has 2 amide bonds. The number of likely N-dealkylation sites (tertiary alicyclic amines) is 2. The third kappa shape index (κ3) is 1.27. The summed E-state index contributed by atoms with van der Waals surface area (Å²) >= 11 is 0. The molecule has 2 aliphatic heterocycles. The van der Waals surface area contributed by atoms with Crippen LogP contribution in [0.15, 0.2) is 0 Å². The fourth-order valence-electron chi connectivity index (χ4n) is 1.67. The molecule has 12 heavy (non-hydrogen) atoms. The average Bonchev–Trinajstić information content (AvgIpc) is 2.31. The maximum Gasteiger partial charge on any atom is 0.320 e. The highest BCUT2D eigenvalue weighted by Gasteiger charge is 2.29. The molecule has 0 aliphatic carbocycles. The van der Waals surface area contributed by atoms with Gasteiger partial charge in [0.05, 0.1) is 0 Å². The molecule has 1 atom stereocenters. The molecule has 0 bridgehead atoms. The van der Waals surface area contributed by atoms with Crippen molar-refractivity contribution < 1.29 is 4.79 Å². The Morgan fingerprint density at radius 2 is 2.00 bits per heavy atom. The van der Waals surface area contributed by atoms with Gasteiger partial charge in [0.25, 0.3) is 0 Å². The van der Waals surface area contributed by atoms with Gasteiger partial charge in [0.15, 0.2) is 0 Å². The van der Waals surface area contributed by atoms with E-state index in [1.165, 1.54) is 0 Å². The van der Waals surface area contributed by atoms with E-state index in [0.29, 0.717) is 0 Å². The third-order valence-electron chi connectivity index (χ3n) is 2.62. The first kappa shape index (κ1) is 7.86. The molecule has 2 aliphatic rings. The quantitative estimate of drug-likeness (QED) is 0.548. The number of nitrogens with two attached hydrogens (primary N) is 1. The van der Waals surface area contributed by atoms with E-state index < -0.39 is 0 Å². The average molecular weight is 169 g/mol. The van der Waals surface area contributed by atoms with Crippen LogP contribution < -0.4 is 5.73 Å². The van der Waals surface area contributed by atoms with Crippen molar-refractivity contribution in [2.75, 3.05) is 26.2 Å². The zero-order valence-corrected chi connectivity index (χ0v) is 7.20. The summed E-state index contributed by atoms with van der Waals surface area (Å²) in [4.78, 5) is 15.3. The Morgan fingerprint density at radius 1 is 1.25 bits per heavy atom. The molecule has 0 radical (unpaired) electrons. The molecule has 1 unspecified atom stereocenters. The first-order chi connectivity index (χ1) is 5.77. The van der Waals surface area contributed by atoms with E-state index in [-0.39, 0.29) is 12.1 Å². The summed E-state index contributed by atoms with van der Waals surface area (Å²) in [5.41, 5.74) is 5.71. The molecule has 2 fully saturated rings. The molecule has 2 rings (SSSR count). The predicted octanol–water partition coefficient (Wildman–Crippen LogP) is -0.155. The summed E-state index contributed by atoms with van der Waals surface area (Å²) in [5, 5.41) is 0. The van der Waals surface area contributed by atoms with Gasteiger partial charge in [-0.05, 0) is 12.8 Å². The van der Waals surface area contributed by atoms with Crippen LogP contribution >= 0.6 is 0 Å². The van der Waals surface area contributed by atoms with Crippen LogP contribution in [0.3, 0.4) is 0 Å². The number of amides is 2. The fourth-order valence-corrected chi connectivity index (χ4v) is 1.67. The normalized spacial score (nSPS) is 28.9. The van der Waals surface area contributed by atoms with Crippen molar-refractivity contribution in [1.82, 2.24) is 9.80 Å².